The number of furan rings is 1. The topological polar surface area (TPSA) is 73.0 Å². The number of allylic oxidation sites excluding steroid dienone is 1. The molecule has 132 valence electrons. The van der Waals surface area contributed by atoms with Crippen LogP contribution in [0.5, 0.6) is 0 Å². The minimum Gasteiger partial charge on any atom is -0.461 e. The summed E-state index contributed by atoms with van der Waals surface area (Å²) in [6, 6.07) is 4.05. The van der Waals surface area contributed by atoms with Crippen molar-refractivity contribution in [3.63, 3.8) is 0 Å². The lowest BCUT2D eigenvalue weighted by atomic mass is 10.1. The van der Waals surface area contributed by atoms with Gasteiger partial charge in [-0.3, -0.25) is 9.36 Å². The van der Waals surface area contributed by atoms with Crippen molar-refractivity contribution in [2.24, 2.45) is 11.8 Å². The van der Waals surface area contributed by atoms with Crippen LogP contribution in [0.2, 0.25) is 0 Å². The van der Waals surface area contributed by atoms with Crippen molar-refractivity contribution in [2.75, 3.05) is 5.75 Å². The molecule has 0 spiro atoms. The van der Waals surface area contributed by atoms with Crippen LogP contribution in [0.15, 0.2) is 40.6 Å². The molecule has 1 amide bonds. The second-order valence-electron chi connectivity index (χ2n) is 6.74. The number of nitrogens with one attached hydrogen (secondary N) is 1. The van der Waals surface area contributed by atoms with Crippen molar-refractivity contribution in [1.82, 2.24) is 20.1 Å². The van der Waals surface area contributed by atoms with Crippen molar-refractivity contribution in [2.45, 2.75) is 43.4 Å². The summed E-state index contributed by atoms with van der Waals surface area (Å²) < 4.78 is 7.34. The van der Waals surface area contributed by atoms with Gasteiger partial charge in [0, 0.05) is 12.6 Å². The van der Waals surface area contributed by atoms with E-state index in [2.05, 4.69) is 22.1 Å². The van der Waals surface area contributed by atoms with Crippen LogP contribution in [0.1, 0.15) is 25.7 Å². The minimum absolute atomic E-state index is 0.0847. The molecule has 0 saturated heterocycles. The van der Waals surface area contributed by atoms with E-state index in [1.807, 2.05) is 16.7 Å². The molecule has 6 nitrogen and oxygen atoms in total. The summed E-state index contributed by atoms with van der Waals surface area (Å²) in [5.74, 6) is 3.16. The number of thioether (sulfide) groups is 1. The Morgan fingerprint density at radius 2 is 2.16 bits per heavy atom. The number of hydrogen-bond acceptors (Lipinski definition) is 5. The Balaban J connectivity index is 1.40. The average Bonchev–Trinajstić information content (AvgIpc) is 3.53. The van der Waals surface area contributed by atoms with E-state index in [4.69, 9.17) is 4.42 Å². The zero-order valence-electron chi connectivity index (χ0n) is 14.1. The second kappa shape index (κ2) is 7.07. The molecule has 0 unspecified atom stereocenters. The highest BCUT2D eigenvalue weighted by Crippen LogP contribution is 2.44. The maximum atomic E-state index is 12.4. The Hall–Kier alpha value is -2.02. The fourth-order valence-corrected chi connectivity index (χ4v) is 3.93. The number of hydrogen-bond donors (Lipinski definition) is 1. The molecular formula is C18H22N4O2S. The normalized spacial score (nSPS) is 17.0. The molecule has 2 aliphatic carbocycles. The predicted octanol–water partition coefficient (Wildman–Crippen LogP) is 3.12. The summed E-state index contributed by atoms with van der Waals surface area (Å²) in [7, 11) is 0. The third-order valence-corrected chi connectivity index (χ3v) is 5.66. The van der Waals surface area contributed by atoms with Crippen molar-refractivity contribution in [1.29, 1.82) is 0 Å². The summed E-state index contributed by atoms with van der Waals surface area (Å²) in [6.07, 6.45) is 8.43. The van der Waals surface area contributed by atoms with Crippen LogP contribution in [0.25, 0.3) is 11.6 Å². The Bertz CT molecular complexity index is 735. The summed E-state index contributed by atoms with van der Waals surface area (Å²) in [4.78, 5) is 12.4. The fourth-order valence-electron chi connectivity index (χ4n) is 3.17. The van der Waals surface area contributed by atoms with E-state index in [0.717, 1.165) is 0 Å². The lowest BCUT2D eigenvalue weighted by Gasteiger charge is -2.17. The number of carbonyl (C=O) groups is 1. The number of nitrogens with zero attached hydrogens (tertiary/aromatic N) is 3. The van der Waals surface area contributed by atoms with E-state index in [1.54, 1.807) is 12.3 Å². The van der Waals surface area contributed by atoms with E-state index in [9.17, 15) is 4.79 Å². The highest BCUT2D eigenvalue weighted by molar-refractivity contribution is 7.99. The predicted molar refractivity (Wildman–Crippen MR) is 96.0 cm³/mol. The molecule has 7 heteroatoms. The first-order valence-corrected chi connectivity index (χ1v) is 9.75. The Kier molecular flexibility index (Phi) is 4.65. The van der Waals surface area contributed by atoms with Crippen LogP contribution in [0, 0.1) is 11.8 Å². The molecule has 25 heavy (non-hydrogen) atoms. The molecule has 2 saturated carbocycles. The minimum atomic E-state index is 0.0847. The monoisotopic (exact) mass is 358 g/mol. The zero-order valence-corrected chi connectivity index (χ0v) is 14.9. The summed E-state index contributed by atoms with van der Waals surface area (Å²) >= 11 is 1.41. The third-order valence-electron chi connectivity index (χ3n) is 4.69. The molecular weight excluding hydrogens is 336 g/mol. The smallest absolute Gasteiger partial charge is 0.230 e. The number of amides is 1. The Labute approximate surface area is 151 Å². The Morgan fingerprint density at radius 3 is 2.76 bits per heavy atom. The fraction of sp³-hybridized carbons (Fsp3) is 0.500. The van der Waals surface area contributed by atoms with Crippen molar-refractivity contribution >= 4 is 17.7 Å². The van der Waals surface area contributed by atoms with Crippen LogP contribution in [-0.4, -0.2) is 32.5 Å². The largest absolute Gasteiger partial charge is 0.461 e. The average molecular weight is 358 g/mol. The van der Waals surface area contributed by atoms with E-state index < -0.39 is 0 Å². The van der Waals surface area contributed by atoms with Gasteiger partial charge in [0.2, 0.25) is 11.7 Å². The standard InChI is InChI=1S/C18H22N4O2S/c1-2-9-22-17(14-4-3-10-24-14)20-21-18(22)25-11-15(23)19-16(12-5-6-12)13-7-8-13/h2-4,10,12-13,16H,1,5-9,11H2,(H,19,23). The summed E-state index contributed by atoms with van der Waals surface area (Å²) in [6.45, 7) is 4.36. The number of aromatic nitrogens is 3. The van der Waals surface area contributed by atoms with Gasteiger partial charge in [0.05, 0.1) is 12.0 Å². The maximum Gasteiger partial charge on any atom is 0.230 e. The van der Waals surface area contributed by atoms with Gasteiger partial charge in [-0.1, -0.05) is 17.8 Å². The first kappa shape index (κ1) is 16.4. The van der Waals surface area contributed by atoms with Crippen molar-refractivity contribution in [3.8, 4) is 11.6 Å². The molecule has 0 atom stereocenters. The van der Waals surface area contributed by atoms with E-state index in [0.29, 0.717) is 46.9 Å². The number of carbonyl (C=O) groups excluding carboxylic acids is 1. The molecule has 2 aromatic heterocycles. The van der Waals surface area contributed by atoms with Gasteiger partial charge in [-0.25, -0.2) is 0 Å². The molecule has 0 aliphatic heterocycles. The lowest BCUT2D eigenvalue weighted by Crippen LogP contribution is -2.39. The van der Waals surface area contributed by atoms with E-state index in [-0.39, 0.29) is 5.91 Å². The maximum absolute atomic E-state index is 12.4. The molecule has 0 bridgehead atoms. The lowest BCUT2D eigenvalue weighted by molar-refractivity contribution is -0.119. The molecule has 2 aromatic rings. The van der Waals surface area contributed by atoms with Crippen LogP contribution in [0.4, 0.5) is 0 Å². The van der Waals surface area contributed by atoms with Gasteiger partial charge in [0.1, 0.15) is 0 Å². The molecule has 0 aromatic carbocycles. The second-order valence-corrected chi connectivity index (χ2v) is 7.68. The molecule has 4 rings (SSSR count). The van der Waals surface area contributed by atoms with Gasteiger partial charge in [-0.15, -0.1) is 16.8 Å². The van der Waals surface area contributed by atoms with E-state index in [1.165, 1.54) is 37.4 Å². The molecule has 1 N–H and O–H groups in total. The van der Waals surface area contributed by atoms with Gasteiger partial charge < -0.3 is 9.73 Å². The first-order valence-electron chi connectivity index (χ1n) is 8.76. The van der Waals surface area contributed by atoms with Gasteiger partial charge in [0.25, 0.3) is 0 Å². The molecule has 0 radical (unpaired) electrons. The van der Waals surface area contributed by atoms with Crippen LogP contribution >= 0.6 is 11.8 Å². The van der Waals surface area contributed by atoms with Crippen molar-refractivity contribution in [3.05, 3.63) is 31.1 Å². The van der Waals surface area contributed by atoms with Gasteiger partial charge in [-0.2, -0.15) is 0 Å². The van der Waals surface area contributed by atoms with Crippen LogP contribution in [-0.2, 0) is 11.3 Å². The zero-order chi connectivity index (χ0) is 17.2. The SMILES string of the molecule is C=CCn1c(SCC(=O)NC(C2CC2)C2CC2)nnc1-c1ccco1. The quantitative estimate of drug-likeness (QED) is 0.551. The van der Waals surface area contributed by atoms with Gasteiger partial charge in [0.15, 0.2) is 10.9 Å². The van der Waals surface area contributed by atoms with Gasteiger partial charge >= 0.3 is 0 Å². The highest BCUT2D eigenvalue weighted by Gasteiger charge is 2.42. The molecule has 2 aliphatic rings. The highest BCUT2D eigenvalue weighted by atomic mass is 32.2. The third kappa shape index (κ3) is 3.81. The molecule has 2 heterocycles. The van der Waals surface area contributed by atoms with Crippen LogP contribution in [0.3, 0.4) is 0 Å². The first-order chi connectivity index (χ1) is 12.3. The van der Waals surface area contributed by atoms with E-state index >= 15 is 0 Å². The summed E-state index contributed by atoms with van der Waals surface area (Å²) in [5.41, 5.74) is 0. The Morgan fingerprint density at radius 1 is 1.40 bits per heavy atom. The van der Waals surface area contributed by atoms with Gasteiger partial charge in [-0.05, 0) is 49.7 Å². The number of rotatable bonds is 9. The molecule has 2 fully saturated rings. The van der Waals surface area contributed by atoms with Crippen LogP contribution < -0.4 is 5.32 Å². The summed E-state index contributed by atoms with van der Waals surface area (Å²) in [5, 5.41) is 12.4. The van der Waals surface area contributed by atoms with Crippen molar-refractivity contribution < 1.29 is 9.21 Å².